The highest BCUT2D eigenvalue weighted by atomic mass is 16.3. The molecule has 15 heavy (non-hydrogen) atoms. The fourth-order valence-electron chi connectivity index (χ4n) is 2.37. The minimum Gasteiger partial charge on any atom is -0.396 e. The van der Waals surface area contributed by atoms with E-state index in [4.69, 9.17) is 5.11 Å². The first kappa shape index (κ1) is 14.9. The SMILES string of the molecule is CC(C)CC(O)(CCCCO)CC(C)C. The van der Waals surface area contributed by atoms with Gasteiger partial charge in [0.1, 0.15) is 0 Å². The Kier molecular flexibility index (Phi) is 7.20. The highest BCUT2D eigenvalue weighted by Crippen LogP contribution is 2.29. The second kappa shape index (κ2) is 7.24. The lowest BCUT2D eigenvalue weighted by atomic mass is 9.81. The molecule has 0 aromatic carbocycles. The smallest absolute Gasteiger partial charge is 0.0652 e. The Morgan fingerprint density at radius 3 is 1.73 bits per heavy atom. The van der Waals surface area contributed by atoms with Crippen LogP contribution in [0.15, 0.2) is 0 Å². The monoisotopic (exact) mass is 216 g/mol. The van der Waals surface area contributed by atoms with Crippen LogP contribution in [0, 0.1) is 11.8 Å². The molecule has 2 nitrogen and oxygen atoms in total. The van der Waals surface area contributed by atoms with Gasteiger partial charge in [-0.25, -0.2) is 0 Å². The molecule has 0 unspecified atom stereocenters. The summed E-state index contributed by atoms with van der Waals surface area (Å²) in [7, 11) is 0. The van der Waals surface area contributed by atoms with Gasteiger partial charge in [-0.2, -0.15) is 0 Å². The maximum atomic E-state index is 10.5. The molecular formula is C13H28O2. The van der Waals surface area contributed by atoms with Crippen LogP contribution in [0.1, 0.15) is 59.8 Å². The van der Waals surface area contributed by atoms with Gasteiger partial charge in [0, 0.05) is 6.61 Å². The second-order valence-electron chi connectivity index (χ2n) is 5.60. The Balaban J connectivity index is 4.14. The predicted molar refractivity (Wildman–Crippen MR) is 64.8 cm³/mol. The second-order valence-corrected chi connectivity index (χ2v) is 5.60. The predicted octanol–water partition coefficient (Wildman–Crippen LogP) is 2.97. The van der Waals surface area contributed by atoms with Crippen LogP contribution >= 0.6 is 0 Å². The number of aliphatic hydroxyl groups excluding tert-OH is 1. The molecule has 0 aliphatic heterocycles. The van der Waals surface area contributed by atoms with E-state index in [0.717, 1.165) is 32.1 Å². The Morgan fingerprint density at radius 2 is 1.40 bits per heavy atom. The molecule has 0 aliphatic rings. The van der Waals surface area contributed by atoms with Crippen LogP contribution in [0.25, 0.3) is 0 Å². The Labute approximate surface area is 94.7 Å². The van der Waals surface area contributed by atoms with Crippen LogP contribution in [0.5, 0.6) is 0 Å². The highest BCUT2D eigenvalue weighted by Gasteiger charge is 2.28. The van der Waals surface area contributed by atoms with Crippen LogP contribution in [-0.2, 0) is 0 Å². The number of hydrogen-bond acceptors (Lipinski definition) is 2. The van der Waals surface area contributed by atoms with Crippen molar-refractivity contribution in [3.05, 3.63) is 0 Å². The number of unbranched alkanes of at least 4 members (excludes halogenated alkanes) is 1. The van der Waals surface area contributed by atoms with E-state index in [-0.39, 0.29) is 6.61 Å². The molecule has 0 aromatic heterocycles. The quantitative estimate of drug-likeness (QED) is 0.612. The largest absolute Gasteiger partial charge is 0.396 e. The van der Waals surface area contributed by atoms with Gasteiger partial charge in [-0.05, 0) is 43.9 Å². The van der Waals surface area contributed by atoms with Crippen LogP contribution in [0.4, 0.5) is 0 Å². The van der Waals surface area contributed by atoms with Crippen molar-refractivity contribution in [3.8, 4) is 0 Å². The van der Waals surface area contributed by atoms with Crippen LogP contribution < -0.4 is 0 Å². The standard InChI is InChI=1S/C13H28O2/c1-11(2)9-13(15,10-12(3)4)7-5-6-8-14/h11-12,14-15H,5-10H2,1-4H3. The molecule has 0 bridgehead atoms. The molecule has 0 heterocycles. The van der Waals surface area contributed by atoms with Gasteiger partial charge < -0.3 is 10.2 Å². The topological polar surface area (TPSA) is 40.5 Å². The van der Waals surface area contributed by atoms with E-state index in [1.807, 2.05) is 0 Å². The fraction of sp³-hybridized carbons (Fsp3) is 1.00. The maximum Gasteiger partial charge on any atom is 0.0652 e. The summed E-state index contributed by atoms with van der Waals surface area (Å²) in [5.74, 6) is 1.06. The lowest BCUT2D eigenvalue weighted by molar-refractivity contribution is -0.0101. The molecule has 0 atom stereocenters. The molecule has 0 aliphatic carbocycles. The Hall–Kier alpha value is -0.0800. The Morgan fingerprint density at radius 1 is 0.933 bits per heavy atom. The molecule has 0 saturated heterocycles. The average Bonchev–Trinajstić information content (AvgIpc) is 2.00. The molecule has 2 heteroatoms. The summed E-state index contributed by atoms with van der Waals surface area (Å²) in [5, 5.41) is 19.2. The minimum absolute atomic E-state index is 0.236. The molecule has 0 saturated carbocycles. The number of aliphatic hydroxyl groups is 2. The summed E-state index contributed by atoms with van der Waals surface area (Å²) in [6, 6.07) is 0. The van der Waals surface area contributed by atoms with Gasteiger partial charge in [0.2, 0.25) is 0 Å². The average molecular weight is 216 g/mol. The van der Waals surface area contributed by atoms with Crippen LogP contribution in [-0.4, -0.2) is 22.4 Å². The summed E-state index contributed by atoms with van der Waals surface area (Å²) >= 11 is 0. The van der Waals surface area contributed by atoms with Crippen molar-refractivity contribution >= 4 is 0 Å². The molecule has 0 radical (unpaired) electrons. The zero-order valence-corrected chi connectivity index (χ0v) is 10.8. The van der Waals surface area contributed by atoms with E-state index in [9.17, 15) is 5.11 Å². The van der Waals surface area contributed by atoms with Gasteiger partial charge in [-0.15, -0.1) is 0 Å². The molecular weight excluding hydrogens is 188 g/mol. The van der Waals surface area contributed by atoms with Gasteiger partial charge in [0.15, 0.2) is 0 Å². The first-order chi connectivity index (χ1) is 6.89. The highest BCUT2D eigenvalue weighted by molar-refractivity contribution is 4.80. The lowest BCUT2D eigenvalue weighted by Gasteiger charge is -2.31. The zero-order valence-electron chi connectivity index (χ0n) is 10.8. The maximum absolute atomic E-state index is 10.5. The first-order valence-electron chi connectivity index (χ1n) is 6.23. The fourth-order valence-corrected chi connectivity index (χ4v) is 2.37. The van der Waals surface area contributed by atoms with E-state index in [0.29, 0.717) is 11.8 Å². The molecule has 0 amide bonds. The Bertz CT molecular complexity index is 143. The molecule has 2 N–H and O–H groups in total. The van der Waals surface area contributed by atoms with Crippen LogP contribution in [0.3, 0.4) is 0 Å². The van der Waals surface area contributed by atoms with Crippen molar-refractivity contribution < 1.29 is 10.2 Å². The van der Waals surface area contributed by atoms with E-state index in [2.05, 4.69) is 27.7 Å². The lowest BCUT2D eigenvalue weighted by Crippen LogP contribution is -2.32. The van der Waals surface area contributed by atoms with Crippen molar-refractivity contribution in [1.82, 2.24) is 0 Å². The van der Waals surface area contributed by atoms with Gasteiger partial charge in [0.05, 0.1) is 5.60 Å². The van der Waals surface area contributed by atoms with Crippen molar-refractivity contribution in [2.24, 2.45) is 11.8 Å². The first-order valence-corrected chi connectivity index (χ1v) is 6.23. The summed E-state index contributed by atoms with van der Waals surface area (Å²) in [6.45, 7) is 8.84. The molecule has 0 aromatic rings. The van der Waals surface area contributed by atoms with Crippen molar-refractivity contribution in [3.63, 3.8) is 0 Å². The molecule has 0 rings (SSSR count). The molecule has 0 fully saturated rings. The van der Waals surface area contributed by atoms with E-state index in [1.54, 1.807) is 0 Å². The molecule has 0 spiro atoms. The summed E-state index contributed by atoms with van der Waals surface area (Å²) in [5.41, 5.74) is -0.516. The number of hydrogen-bond donors (Lipinski definition) is 2. The van der Waals surface area contributed by atoms with Gasteiger partial charge >= 0.3 is 0 Å². The molecule has 92 valence electrons. The third kappa shape index (κ3) is 7.80. The van der Waals surface area contributed by atoms with E-state index in [1.165, 1.54) is 0 Å². The zero-order chi connectivity index (χ0) is 11.9. The number of rotatable bonds is 8. The van der Waals surface area contributed by atoms with E-state index < -0.39 is 5.60 Å². The summed E-state index contributed by atoms with van der Waals surface area (Å²) in [6.07, 6.45) is 4.29. The summed E-state index contributed by atoms with van der Waals surface area (Å²) in [4.78, 5) is 0. The summed E-state index contributed by atoms with van der Waals surface area (Å²) < 4.78 is 0. The van der Waals surface area contributed by atoms with E-state index >= 15 is 0 Å². The van der Waals surface area contributed by atoms with Crippen molar-refractivity contribution in [1.29, 1.82) is 0 Å². The van der Waals surface area contributed by atoms with Gasteiger partial charge in [0.25, 0.3) is 0 Å². The third-order valence-electron chi connectivity index (χ3n) is 2.63. The normalized spacial score (nSPS) is 12.8. The minimum atomic E-state index is -0.516. The van der Waals surface area contributed by atoms with Crippen molar-refractivity contribution in [2.45, 2.75) is 65.4 Å². The van der Waals surface area contributed by atoms with Crippen LogP contribution in [0.2, 0.25) is 0 Å². The van der Waals surface area contributed by atoms with Gasteiger partial charge in [-0.1, -0.05) is 27.7 Å². The third-order valence-corrected chi connectivity index (χ3v) is 2.63. The van der Waals surface area contributed by atoms with Crippen molar-refractivity contribution in [2.75, 3.05) is 6.61 Å². The van der Waals surface area contributed by atoms with Gasteiger partial charge in [-0.3, -0.25) is 0 Å².